The first-order valence-electron chi connectivity index (χ1n) is 4.00. The lowest BCUT2D eigenvalue weighted by Crippen LogP contribution is -1.92. The van der Waals surface area contributed by atoms with Gasteiger partial charge in [0.05, 0.1) is 11.9 Å². The SMILES string of the molecule is Cc1c(F)c(-c2cnc(N)o2)nn1C. The number of nitrogens with zero attached hydrogens (tertiary/aromatic N) is 3. The molecule has 0 aliphatic rings. The zero-order valence-corrected chi connectivity index (χ0v) is 7.78. The van der Waals surface area contributed by atoms with Crippen molar-refractivity contribution in [2.75, 3.05) is 5.73 Å². The first kappa shape index (κ1) is 8.74. The molecule has 0 spiro atoms. The van der Waals surface area contributed by atoms with Crippen LogP contribution in [0.25, 0.3) is 11.5 Å². The maximum atomic E-state index is 13.5. The van der Waals surface area contributed by atoms with Crippen molar-refractivity contribution in [2.45, 2.75) is 6.92 Å². The van der Waals surface area contributed by atoms with Crippen molar-refractivity contribution >= 4 is 6.01 Å². The molecule has 0 bridgehead atoms. The van der Waals surface area contributed by atoms with Gasteiger partial charge in [0.2, 0.25) is 0 Å². The van der Waals surface area contributed by atoms with Crippen LogP contribution in [0.15, 0.2) is 10.6 Å². The van der Waals surface area contributed by atoms with E-state index in [0.717, 1.165) is 0 Å². The monoisotopic (exact) mass is 196 g/mol. The summed E-state index contributed by atoms with van der Waals surface area (Å²) in [6.07, 6.45) is 1.35. The number of nitrogens with two attached hydrogens (primary N) is 1. The minimum Gasteiger partial charge on any atom is -0.422 e. The molecule has 6 heteroatoms. The summed E-state index contributed by atoms with van der Waals surface area (Å²) in [6.45, 7) is 1.63. The van der Waals surface area contributed by atoms with Gasteiger partial charge in [-0.3, -0.25) is 4.68 Å². The normalized spacial score (nSPS) is 10.8. The van der Waals surface area contributed by atoms with E-state index >= 15 is 0 Å². The van der Waals surface area contributed by atoms with Gasteiger partial charge in [-0.15, -0.1) is 0 Å². The lowest BCUT2D eigenvalue weighted by atomic mass is 10.3. The quantitative estimate of drug-likeness (QED) is 0.741. The molecule has 2 rings (SSSR count). The maximum absolute atomic E-state index is 13.5. The predicted molar refractivity (Wildman–Crippen MR) is 47.8 cm³/mol. The van der Waals surface area contributed by atoms with Crippen LogP contribution < -0.4 is 5.73 Å². The van der Waals surface area contributed by atoms with Crippen molar-refractivity contribution in [3.8, 4) is 11.5 Å². The van der Waals surface area contributed by atoms with E-state index < -0.39 is 5.82 Å². The van der Waals surface area contributed by atoms with E-state index in [1.54, 1.807) is 14.0 Å². The minimum atomic E-state index is -0.413. The summed E-state index contributed by atoms with van der Waals surface area (Å²) in [6, 6.07) is 0.00251. The third-order valence-corrected chi connectivity index (χ3v) is 2.02. The summed E-state index contributed by atoms with van der Waals surface area (Å²) < 4.78 is 19.9. The number of hydrogen-bond donors (Lipinski definition) is 1. The highest BCUT2D eigenvalue weighted by atomic mass is 19.1. The molecular weight excluding hydrogens is 187 g/mol. The lowest BCUT2D eigenvalue weighted by Gasteiger charge is -1.88. The minimum absolute atomic E-state index is 0.00251. The van der Waals surface area contributed by atoms with Crippen LogP contribution in [0, 0.1) is 12.7 Å². The van der Waals surface area contributed by atoms with Crippen LogP contribution in [-0.4, -0.2) is 14.8 Å². The maximum Gasteiger partial charge on any atom is 0.292 e. The summed E-state index contributed by atoms with van der Waals surface area (Å²) in [4.78, 5) is 3.67. The van der Waals surface area contributed by atoms with Crippen molar-refractivity contribution in [2.24, 2.45) is 7.05 Å². The zero-order chi connectivity index (χ0) is 10.3. The fourth-order valence-corrected chi connectivity index (χ4v) is 1.14. The topological polar surface area (TPSA) is 69.9 Å². The highest BCUT2D eigenvalue weighted by Gasteiger charge is 2.17. The largest absolute Gasteiger partial charge is 0.422 e. The van der Waals surface area contributed by atoms with Crippen LogP contribution in [0.2, 0.25) is 0 Å². The van der Waals surface area contributed by atoms with Gasteiger partial charge in [0.1, 0.15) is 0 Å². The smallest absolute Gasteiger partial charge is 0.292 e. The number of rotatable bonds is 1. The molecule has 2 N–H and O–H groups in total. The molecule has 2 heterocycles. The number of halogens is 1. The molecule has 0 aliphatic heterocycles. The Balaban J connectivity index is 2.57. The molecule has 0 unspecified atom stereocenters. The first-order valence-corrected chi connectivity index (χ1v) is 4.00. The average Bonchev–Trinajstić information content (AvgIpc) is 2.66. The van der Waals surface area contributed by atoms with E-state index in [2.05, 4.69) is 10.1 Å². The number of oxazole rings is 1. The molecular formula is C8H9FN4O. The summed E-state index contributed by atoms with van der Waals surface area (Å²) in [5, 5.41) is 3.95. The van der Waals surface area contributed by atoms with Crippen LogP contribution in [0.1, 0.15) is 5.69 Å². The second-order valence-corrected chi connectivity index (χ2v) is 2.93. The zero-order valence-electron chi connectivity index (χ0n) is 7.78. The van der Waals surface area contributed by atoms with Crippen molar-refractivity contribution < 1.29 is 8.81 Å². The predicted octanol–water partition coefficient (Wildman–Crippen LogP) is 1.10. The molecule has 0 aromatic carbocycles. The van der Waals surface area contributed by atoms with Gasteiger partial charge >= 0.3 is 0 Å². The van der Waals surface area contributed by atoms with Gasteiger partial charge in [0, 0.05) is 7.05 Å². The van der Waals surface area contributed by atoms with E-state index in [0.29, 0.717) is 5.69 Å². The molecule has 14 heavy (non-hydrogen) atoms. The number of nitrogen functional groups attached to an aromatic ring is 1. The van der Waals surface area contributed by atoms with Crippen molar-refractivity contribution in [1.29, 1.82) is 0 Å². The molecule has 0 atom stereocenters. The van der Waals surface area contributed by atoms with E-state index in [1.165, 1.54) is 10.9 Å². The molecule has 0 aliphatic carbocycles. The van der Waals surface area contributed by atoms with Crippen LogP contribution in [0.3, 0.4) is 0 Å². The molecule has 0 saturated carbocycles. The van der Waals surface area contributed by atoms with Crippen molar-refractivity contribution in [1.82, 2.24) is 14.8 Å². The number of anilines is 1. The molecule has 0 saturated heterocycles. The van der Waals surface area contributed by atoms with Crippen LogP contribution in [0.5, 0.6) is 0 Å². The Bertz CT molecular complexity index is 474. The van der Waals surface area contributed by atoms with Gasteiger partial charge in [0.25, 0.3) is 6.01 Å². The second-order valence-electron chi connectivity index (χ2n) is 2.93. The standard InChI is InChI=1S/C8H9FN4O/c1-4-6(9)7(12-13(4)2)5-3-11-8(10)14-5/h3H,1-2H3,(H2,10,11). The van der Waals surface area contributed by atoms with Gasteiger partial charge in [-0.25, -0.2) is 9.37 Å². The Morgan fingerprint density at radius 2 is 2.29 bits per heavy atom. The van der Waals surface area contributed by atoms with Crippen molar-refractivity contribution in [3.05, 3.63) is 17.7 Å². The molecule has 0 fully saturated rings. The molecule has 5 nitrogen and oxygen atoms in total. The van der Waals surface area contributed by atoms with Gasteiger partial charge in [-0.05, 0) is 6.92 Å². The Morgan fingerprint density at radius 3 is 2.71 bits per heavy atom. The fourth-order valence-electron chi connectivity index (χ4n) is 1.14. The Morgan fingerprint density at radius 1 is 1.57 bits per heavy atom. The van der Waals surface area contributed by atoms with E-state index in [4.69, 9.17) is 10.2 Å². The third kappa shape index (κ3) is 1.15. The van der Waals surface area contributed by atoms with E-state index in [9.17, 15) is 4.39 Å². The lowest BCUT2D eigenvalue weighted by molar-refractivity contribution is 0.577. The second kappa shape index (κ2) is 2.83. The molecule has 74 valence electrons. The number of hydrogen-bond acceptors (Lipinski definition) is 4. The molecule has 0 radical (unpaired) electrons. The molecule has 2 aromatic heterocycles. The summed E-state index contributed by atoms with van der Waals surface area (Å²) in [7, 11) is 1.65. The first-order chi connectivity index (χ1) is 6.59. The summed E-state index contributed by atoms with van der Waals surface area (Å²) >= 11 is 0. The summed E-state index contributed by atoms with van der Waals surface area (Å²) in [5.41, 5.74) is 5.85. The van der Waals surface area contributed by atoms with Gasteiger partial charge in [0.15, 0.2) is 17.3 Å². The van der Waals surface area contributed by atoms with E-state index in [-0.39, 0.29) is 17.5 Å². The highest BCUT2D eigenvalue weighted by molar-refractivity contribution is 5.53. The van der Waals surface area contributed by atoms with E-state index in [1.807, 2.05) is 0 Å². The van der Waals surface area contributed by atoms with Crippen LogP contribution in [-0.2, 0) is 7.05 Å². The molecule has 2 aromatic rings. The van der Waals surface area contributed by atoms with Crippen molar-refractivity contribution in [3.63, 3.8) is 0 Å². The van der Waals surface area contributed by atoms with Crippen LogP contribution in [0.4, 0.5) is 10.4 Å². The van der Waals surface area contributed by atoms with Gasteiger partial charge < -0.3 is 10.2 Å². The van der Waals surface area contributed by atoms with Gasteiger partial charge in [-0.2, -0.15) is 5.10 Å². The third-order valence-electron chi connectivity index (χ3n) is 2.02. The van der Waals surface area contributed by atoms with Crippen LogP contribution >= 0.6 is 0 Å². The Kier molecular flexibility index (Phi) is 1.77. The molecule has 0 amide bonds. The fraction of sp³-hybridized carbons (Fsp3) is 0.250. The van der Waals surface area contributed by atoms with Gasteiger partial charge in [-0.1, -0.05) is 0 Å². The highest BCUT2D eigenvalue weighted by Crippen LogP contribution is 2.24. The Hall–Kier alpha value is -1.85. The average molecular weight is 196 g/mol. The number of aryl methyl sites for hydroxylation is 1. The number of aromatic nitrogens is 3. The Labute approximate surface area is 79.3 Å². The summed E-state index contributed by atoms with van der Waals surface area (Å²) in [5.74, 6) is -0.174.